The molecule has 1 amide bonds. The summed E-state index contributed by atoms with van der Waals surface area (Å²) in [6.07, 6.45) is 23.4. The summed E-state index contributed by atoms with van der Waals surface area (Å²) in [5, 5.41) is 6.27. The maximum atomic E-state index is 11.7. The van der Waals surface area contributed by atoms with Crippen LogP contribution in [-0.4, -0.2) is 25.5 Å². The molecule has 0 heterocycles. The molecular weight excluding hydrogens is 320 g/mol. The third-order valence-electron chi connectivity index (χ3n) is 4.72. The van der Waals surface area contributed by atoms with Gasteiger partial charge in [0.15, 0.2) is 0 Å². The number of carbonyl (C=O) groups excluding carboxylic acids is 1. The van der Waals surface area contributed by atoms with E-state index in [0.717, 1.165) is 32.5 Å². The fourth-order valence-electron chi connectivity index (χ4n) is 3.04. The molecule has 0 spiro atoms. The minimum absolute atomic E-state index is 0.209. The summed E-state index contributed by atoms with van der Waals surface area (Å²) in [6, 6.07) is 0. The molecule has 0 atom stereocenters. The van der Waals surface area contributed by atoms with Gasteiger partial charge < -0.3 is 10.6 Å². The minimum atomic E-state index is 0.209. The van der Waals surface area contributed by atoms with Crippen LogP contribution in [0.15, 0.2) is 12.2 Å². The van der Waals surface area contributed by atoms with E-state index in [2.05, 4.69) is 36.6 Å². The third kappa shape index (κ3) is 21.2. The molecule has 3 nitrogen and oxygen atoms in total. The van der Waals surface area contributed by atoms with Crippen LogP contribution in [0.1, 0.15) is 110 Å². The molecule has 0 fully saturated rings. The van der Waals surface area contributed by atoms with Gasteiger partial charge in [-0.3, -0.25) is 4.79 Å². The zero-order valence-corrected chi connectivity index (χ0v) is 17.8. The number of hydrogen-bond acceptors (Lipinski definition) is 2. The molecule has 0 saturated heterocycles. The van der Waals surface area contributed by atoms with Gasteiger partial charge in [0.25, 0.3) is 0 Å². The van der Waals surface area contributed by atoms with Gasteiger partial charge >= 0.3 is 0 Å². The van der Waals surface area contributed by atoms with Crippen molar-refractivity contribution in [3.63, 3.8) is 0 Å². The fourth-order valence-corrected chi connectivity index (χ4v) is 3.04. The Morgan fingerprint density at radius 2 is 1.23 bits per heavy atom. The molecule has 0 aromatic rings. The predicted molar refractivity (Wildman–Crippen MR) is 116 cm³/mol. The topological polar surface area (TPSA) is 41.1 Å². The van der Waals surface area contributed by atoms with Crippen molar-refractivity contribution in [2.24, 2.45) is 0 Å². The highest BCUT2D eigenvalue weighted by atomic mass is 16.1. The van der Waals surface area contributed by atoms with Crippen molar-refractivity contribution in [3.05, 3.63) is 12.2 Å². The molecule has 2 N–H and O–H groups in total. The second-order valence-corrected chi connectivity index (χ2v) is 7.43. The van der Waals surface area contributed by atoms with E-state index in [0.29, 0.717) is 6.42 Å². The molecule has 3 heteroatoms. The van der Waals surface area contributed by atoms with Crippen molar-refractivity contribution in [1.82, 2.24) is 10.6 Å². The average Bonchev–Trinajstić information content (AvgIpc) is 2.64. The normalized spacial score (nSPS) is 11.3. The SMILES string of the molecule is CCCCCCCC/C=C\CCCCCCCC(=O)NCCNCCC. The van der Waals surface area contributed by atoms with Gasteiger partial charge in [-0.1, -0.05) is 77.4 Å². The van der Waals surface area contributed by atoms with Crippen LogP contribution in [-0.2, 0) is 4.79 Å². The van der Waals surface area contributed by atoms with Gasteiger partial charge in [-0.15, -0.1) is 0 Å². The van der Waals surface area contributed by atoms with Crippen LogP contribution < -0.4 is 10.6 Å². The van der Waals surface area contributed by atoms with Gasteiger partial charge in [0.2, 0.25) is 5.91 Å². The van der Waals surface area contributed by atoms with Gasteiger partial charge in [0, 0.05) is 19.5 Å². The Morgan fingerprint density at radius 1 is 0.654 bits per heavy atom. The highest BCUT2D eigenvalue weighted by Gasteiger charge is 1.99. The van der Waals surface area contributed by atoms with Gasteiger partial charge in [-0.05, 0) is 45.1 Å². The summed E-state index contributed by atoms with van der Waals surface area (Å²) in [5.74, 6) is 0.209. The molecular formula is C23H46N2O. The molecule has 0 radical (unpaired) electrons. The number of unbranched alkanes of at least 4 members (excludes halogenated alkanes) is 11. The lowest BCUT2D eigenvalue weighted by atomic mass is 10.1. The largest absolute Gasteiger partial charge is 0.355 e. The fraction of sp³-hybridized carbons (Fsp3) is 0.870. The molecule has 0 aromatic carbocycles. The number of carbonyl (C=O) groups is 1. The molecule has 0 rings (SSSR count). The molecule has 0 aromatic heterocycles. The van der Waals surface area contributed by atoms with E-state index in [1.54, 1.807) is 0 Å². The Bertz CT molecular complexity index is 315. The minimum Gasteiger partial charge on any atom is -0.355 e. The highest BCUT2D eigenvalue weighted by molar-refractivity contribution is 5.75. The summed E-state index contributed by atoms with van der Waals surface area (Å²) < 4.78 is 0. The van der Waals surface area contributed by atoms with E-state index < -0.39 is 0 Å². The van der Waals surface area contributed by atoms with Crippen molar-refractivity contribution in [3.8, 4) is 0 Å². The number of nitrogens with one attached hydrogen (secondary N) is 2. The molecule has 0 aliphatic carbocycles. The van der Waals surface area contributed by atoms with Crippen molar-refractivity contribution in [2.45, 2.75) is 110 Å². The first-order valence-electron chi connectivity index (χ1n) is 11.4. The van der Waals surface area contributed by atoms with Gasteiger partial charge in [0.05, 0.1) is 0 Å². The first kappa shape index (κ1) is 25.2. The van der Waals surface area contributed by atoms with Crippen LogP contribution in [0.3, 0.4) is 0 Å². The monoisotopic (exact) mass is 366 g/mol. The lowest BCUT2D eigenvalue weighted by molar-refractivity contribution is -0.121. The Balaban J connectivity index is 3.18. The molecule has 0 unspecified atom stereocenters. The van der Waals surface area contributed by atoms with E-state index in [9.17, 15) is 4.79 Å². The molecule has 154 valence electrons. The molecule has 26 heavy (non-hydrogen) atoms. The van der Waals surface area contributed by atoms with Gasteiger partial charge in [0.1, 0.15) is 0 Å². The summed E-state index contributed by atoms with van der Waals surface area (Å²) in [4.78, 5) is 11.7. The Labute approximate surface area is 163 Å². The molecule has 0 bridgehead atoms. The van der Waals surface area contributed by atoms with Crippen LogP contribution in [0.2, 0.25) is 0 Å². The molecule has 0 aliphatic rings. The van der Waals surface area contributed by atoms with Crippen molar-refractivity contribution < 1.29 is 4.79 Å². The highest BCUT2D eigenvalue weighted by Crippen LogP contribution is 2.09. The first-order valence-corrected chi connectivity index (χ1v) is 11.4. The molecule has 0 aliphatic heterocycles. The van der Waals surface area contributed by atoms with Crippen LogP contribution in [0.5, 0.6) is 0 Å². The van der Waals surface area contributed by atoms with Gasteiger partial charge in [-0.25, -0.2) is 0 Å². The summed E-state index contributed by atoms with van der Waals surface area (Å²) >= 11 is 0. The van der Waals surface area contributed by atoms with Crippen LogP contribution in [0.25, 0.3) is 0 Å². The Morgan fingerprint density at radius 3 is 1.85 bits per heavy atom. The zero-order chi connectivity index (χ0) is 19.1. The predicted octanol–water partition coefficient (Wildman–Crippen LogP) is 6.14. The quantitative estimate of drug-likeness (QED) is 0.201. The van der Waals surface area contributed by atoms with E-state index in [1.807, 2.05) is 0 Å². The van der Waals surface area contributed by atoms with Crippen molar-refractivity contribution >= 4 is 5.91 Å². The van der Waals surface area contributed by atoms with E-state index in [-0.39, 0.29) is 5.91 Å². The van der Waals surface area contributed by atoms with Crippen molar-refractivity contribution in [1.29, 1.82) is 0 Å². The second-order valence-electron chi connectivity index (χ2n) is 7.43. The third-order valence-corrected chi connectivity index (χ3v) is 4.72. The van der Waals surface area contributed by atoms with Crippen LogP contribution >= 0.6 is 0 Å². The van der Waals surface area contributed by atoms with Crippen LogP contribution in [0, 0.1) is 0 Å². The second kappa shape index (κ2) is 22.2. The average molecular weight is 367 g/mol. The number of allylic oxidation sites excluding steroid dienone is 2. The maximum absolute atomic E-state index is 11.7. The number of amides is 1. The Hall–Kier alpha value is -0.830. The van der Waals surface area contributed by atoms with E-state index in [4.69, 9.17) is 0 Å². The first-order chi connectivity index (χ1) is 12.8. The summed E-state index contributed by atoms with van der Waals surface area (Å²) in [5.41, 5.74) is 0. The van der Waals surface area contributed by atoms with E-state index in [1.165, 1.54) is 77.0 Å². The smallest absolute Gasteiger partial charge is 0.220 e. The lowest BCUT2D eigenvalue weighted by Gasteiger charge is -2.06. The molecule has 0 saturated carbocycles. The standard InChI is InChI=1S/C23H46N2O/c1-3-5-6-7-8-9-10-11-12-13-14-15-16-17-18-19-23(26)25-22-21-24-20-4-2/h11-12,24H,3-10,13-22H2,1-2H3,(H,25,26)/b12-11-. The van der Waals surface area contributed by atoms with Gasteiger partial charge in [-0.2, -0.15) is 0 Å². The zero-order valence-electron chi connectivity index (χ0n) is 17.8. The van der Waals surface area contributed by atoms with Crippen LogP contribution in [0.4, 0.5) is 0 Å². The number of rotatable bonds is 20. The lowest BCUT2D eigenvalue weighted by Crippen LogP contribution is -2.31. The summed E-state index contributed by atoms with van der Waals surface area (Å²) in [6.45, 7) is 7.09. The summed E-state index contributed by atoms with van der Waals surface area (Å²) in [7, 11) is 0. The van der Waals surface area contributed by atoms with E-state index >= 15 is 0 Å². The number of hydrogen-bond donors (Lipinski definition) is 2. The van der Waals surface area contributed by atoms with Crippen molar-refractivity contribution in [2.75, 3.05) is 19.6 Å². The Kier molecular flexibility index (Phi) is 21.5. The maximum Gasteiger partial charge on any atom is 0.220 e.